The number of sulfone groups is 1. The van der Waals surface area contributed by atoms with E-state index in [1.165, 1.54) is 31.9 Å². The molecule has 0 amide bonds. The minimum Gasteiger partial charge on any atom is -0.313 e. The van der Waals surface area contributed by atoms with E-state index in [0.29, 0.717) is 5.92 Å². The molecular weight excluding hydrogens is 234 g/mol. The van der Waals surface area contributed by atoms with Gasteiger partial charge >= 0.3 is 0 Å². The van der Waals surface area contributed by atoms with Crippen molar-refractivity contribution in [1.29, 1.82) is 0 Å². The predicted octanol–water partition coefficient (Wildman–Crippen LogP) is 1.83. The van der Waals surface area contributed by atoms with Crippen molar-refractivity contribution in [3.8, 4) is 0 Å². The van der Waals surface area contributed by atoms with Crippen molar-refractivity contribution in [1.82, 2.24) is 5.32 Å². The van der Waals surface area contributed by atoms with Crippen LogP contribution in [0.5, 0.6) is 0 Å². The summed E-state index contributed by atoms with van der Waals surface area (Å²) in [7, 11) is -2.94. The first-order valence-electron chi connectivity index (χ1n) is 6.85. The molecular formula is C13H25NO2S. The molecule has 0 aromatic heterocycles. The van der Waals surface area contributed by atoms with E-state index < -0.39 is 9.84 Å². The zero-order valence-electron chi connectivity index (χ0n) is 11.1. The van der Waals surface area contributed by atoms with E-state index in [1.807, 2.05) is 6.92 Å². The summed E-state index contributed by atoms with van der Waals surface area (Å²) in [6.07, 6.45) is 6.63. The molecule has 0 aliphatic heterocycles. The van der Waals surface area contributed by atoms with Crippen LogP contribution in [0.1, 0.15) is 39.5 Å². The fraction of sp³-hybridized carbons (Fsp3) is 1.00. The van der Waals surface area contributed by atoms with Crippen LogP contribution >= 0.6 is 0 Å². The number of hydrogen-bond acceptors (Lipinski definition) is 3. The van der Waals surface area contributed by atoms with Crippen LogP contribution in [0.15, 0.2) is 0 Å². The molecule has 2 bridgehead atoms. The minimum atomic E-state index is -2.94. The Bertz CT molecular complexity index is 366. The summed E-state index contributed by atoms with van der Waals surface area (Å²) in [6, 6.07) is 0.158. The maximum atomic E-state index is 11.8. The Kier molecular flexibility index (Phi) is 3.83. The van der Waals surface area contributed by atoms with E-state index in [2.05, 4.69) is 12.2 Å². The summed E-state index contributed by atoms with van der Waals surface area (Å²) in [5.41, 5.74) is 0. The quantitative estimate of drug-likeness (QED) is 0.819. The van der Waals surface area contributed by atoms with E-state index >= 15 is 0 Å². The summed E-state index contributed by atoms with van der Waals surface area (Å²) in [5, 5.41) is 3.18. The van der Waals surface area contributed by atoms with Crippen LogP contribution in [0.2, 0.25) is 0 Å². The highest BCUT2D eigenvalue weighted by Gasteiger charge is 2.45. The van der Waals surface area contributed by atoms with Crippen LogP contribution in [0.3, 0.4) is 0 Å². The fourth-order valence-corrected chi connectivity index (χ4v) is 4.73. The van der Waals surface area contributed by atoms with Gasteiger partial charge in [0.25, 0.3) is 0 Å². The number of fused-ring (bicyclic) bond motifs is 2. The monoisotopic (exact) mass is 259 g/mol. The second kappa shape index (κ2) is 4.88. The standard InChI is InChI=1S/C13H25NO2S/c1-4-14-13(9(2)17(3,15)16)12-8-10-5-6-11(12)7-10/h9-14H,4-8H2,1-3H3. The molecule has 2 aliphatic carbocycles. The molecule has 0 radical (unpaired) electrons. The first-order valence-corrected chi connectivity index (χ1v) is 8.81. The van der Waals surface area contributed by atoms with Gasteiger partial charge in [-0.25, -0.2) is 8.42 Å². The molecule has 2 saturated carbocycles. The van der Waals surface area contributed by atoms with Crippen molar-refractivity contribution in [3.05, 3.63) is 0 Å². The topological polar surface area (TPSA) is 46.2 Å². The van der Waals surface area contributed by atoms with Gasteiger partial charge in [0.15, 0.2) is 9.84 Å². The molecule has 2 aliphatic rings. The molecule has 3 nitrogen and oxygen atoms in total. The first-order chi connectivity index (χ1) is 7.93. The highest BCUT2D eigenvalue weighted by Crippen LogP contribution is 2.50. The molecule has 1 N–H and O–H groups in total. The van der Waals surface area contributed by atoms with Crippen molar-refractivity contribution in [3.63, 3.8) is 0 Å². The van der Waals surface area contributed by atoms with Gasteiger partial charge in [0.05, 0.1) is 5.25 Å². The van der Waals surface area contributed by atoms with Gasteiger partial charge in [-0.15, -0.1) is 0 Å². The maximum absolute atomic E-state index is 11.8. The Labute approximate surface area is 105 Å². The number of nitrogens with one attached hydrogen (secondary N) is 1. The van der Waals surface area contributed by atoms with Crippen molar-refractivity contribution in [2.75, 3.05) is 12.8 Å². The highest BCUT2D eigenvalue weighted by atomic mass is 32.2. The van der Waals surface area contributed by atoms with Crippen LogP contribution in [0.4, 0.5) is 0 Å². The Morgan fingerprint density at radius 2 is 2.00 bits per heavy atom. The van der Waals surface area contributed by atoms with Crippen LogP contribution in [0.25, 0.3) is 0 Å². The average Bonchev–Trinajstić information content (AvgIpc) is 2.85. The van der Waals surface area contributed by atoms with Crippen molar-refractivity contribution in [2.45, 2.75) is 50.8 Å². The molecule has 17 heavy (non-hydrogen) atoms. The molecule has 2 rings (SSSR count). The molecule has 0 saturated heterocycles. The predicted molar refractivity (Wildman–Crippen MR) is 70.7 cm³/mol. The largest absolute Gasteiger partial charge is 0.313 e. The fourth-order valence-electron chi connectivity index (χ4n) is 3.90. The molecule has 100 valence electrons. The molecule has 4 heteroatoms. The van der Waals surface area contributed by atoms with Crippen LogP contribution in [0, 0.1) is 17.8 Å². The van der Waals surface area contributed by atoms with Crippen molar-refractivity contribution < 1.29 is 8.42 Å². The normalized spacial score (nSPS) is 36.1. The van der Waals surface area contributed by atoms with Gasteiger partial charge in [-0.1, -0.05) is 13.3 Å². The molecule has 0 aromatic carbocycles. The number of hydrogen-bond donors (Lipinski definition) is 1. The van der Waals surface area contributed by atoms with Gasteiger partial charge in [-0.3, -0.25) is 0 Å². The molecule has 0 spiro atoms. The Balaban J connectivity index is 2.12. The second-order valence-electron chi connectivity index (χ2n) is 5.96. The minimum absolute atomic E-state index is 0.158. The van der Waals surface area contributed by atoms with Crippen LogP contribution in [-0.2, 0) is 9.84 Å². The summed E-state index contributed by atoms with van der Waals surface area (Å²) < 4.78 is 23.5. The van der Waals surface area contributed by atoms with Crippen molar-refractivity contribution in [2.24, 2.45) is 17.8 Å². The zero-order valence-corrected chi connectivity index (χ0v) is 12.0. The van der Waals surface area contributed by atoms with Crippen molar-refractivity contribution >= 4 is 9.84 Å². The number of rotatable bonds is 5. The summed E-state index contributed by atoms with van der Waals surface area (Å²) in [6.45, 7) is 4.79. The zero-order chi connectivity index (χ0) is 12.6. The van der Waals surface area contributed by atoms with E-state index in [9.17, 15) is 8.42 Å². The lowest BCUT2D eigenvalue weighted by Gasteiger charge is -2.34. The Hall–Kier alpha value is -0.0900. The van der Waals surface area contributed by atoms with Gasteiger partial charge in [0.2, 0.25) is 0 Å². The Morgan fingerprint density at radius 3 is 2.41 bits per heavy atom. The lowest BCUT2D eigenvalue weighted by Crippen LogP contribution is -2.48. The van der Waals surface area contributed by atoms with Crippen LogP contribution in [-0.4, -0.2) is 32.5 Å². The van der Waals surface area contributed by atoms with Crippen LogP contribution < -0.4 is 5.32 Å². The van der Waals surface area contributed by atoms with Gasteiger partial charge in [0, 0.05) is 12.3 Å². The lowest BCUT2D eigenvalue weighted by molar-refractivity contribution is 0.246. The van der Waals surface area contributed by atoms with E-state index in [4.69, 9.17) is 0 Å². The molecule has 0 heterocycles. The third-order valence-electron chi connectivity index (χ3n) is 4.87. The van der Waals surface area contributed by atoms with Gasteiger partial charge in [0.1, 0.15) is 0 Å². The van der Waals surface area contributed by atoms with E-state index in [0.717, 1.165) is 18.4 Å². The SMILES string of the molecule is CCNC(C1CC2CCC1C2)C(C)S(C)(=O)=O. The summed E-state index contributed by atoms with van der Waals surface area (Å²) >= 11 is 0. The van der Waals surface area contributed by atoms with Gasteiger partial charge < -0.3 is 5.32 Å². The van der Waals surface area contributed by atoms with Gasteiger partial charge in [-0.2, -0.15) is 0 Å². The maximum Gasteiger partial charge on any atom is 0.151 e. The lowest BCUT2D eigenvalue weighted by atomic mass is 9.82. The molecule has 2 fully saturated rings. The second-order valence-corrected chi connectivity index (χ2v) is 8.36. The molecule has 5 unspecified atom stereocenters. The third kappa shape index (κ3) is 2.68. The highest BCUT2D eigenvalue weighted by molar-refractivity contribution is 7.91. The molecule has 5 atom stereocenters. The van der Waals surface area contributed by atoms with Gasteiger partial charge in [-0.05, 0) is 50.5 Å². The van der Waals surface area contributed by atoms with E-state index in [1.54, 1.807) is 0 Å². The summed E-state index contributed by atoms with van der Waals surface area (Å²) in [5.74, 6) is 2.23. The average molecular weight is 259 g/mol. The smallest absolute Gasteiger partial charge is 0.151 e. The molecule has 0 aromatic rings. The van der Waals surface area contributed by atoms with E-state index in [-0.39, 0.29) is 11.3 Å². The third-order valence-corrected chi connectivity index (χ3v) is 6.52. The first kappa shape index (κ1) is 13.3. The Morgan fingerprint density at radius 1 is 1.29 bits per heavy atom. The summed E-state index contributed by atoms with van der Waals surface area (Å²) in [4.78, 5) is 0.